The van der Waals surface area contributed by atoms with Gasteiger partial charge in [0.2, 0.25) is 11.5 Å². The molecular formula is C15H13N5O3. The molecule has 116 valence electrons. The van der Waals surface area contributed by atoms with E-state index < -0.39 is 11.8 Å². The lowest BCUT2D eigenvalue weighted by molar-refractivity contribution is -0.121. The van der Waals surface area contributed by atoms with E-state index in [1.54, 1.807) is 0 Å². The number of carbonyl (C=O) groups is 2. The molecule has 23 heavy (non-hydrogen) atoms. The van der Waals surface area contributed by atoms with Crippen molar-refractivity contribution in [2.24, 2.45) is 0 Å². The summed E-state index contributed by atoms with van der Waals surface area (Å²) in [5.41, 5.74) is 6.10. The highest BCUT2D eigenvalue weighted by Gasteiger charge is 2.10. The molecule has 0 radical (unpaired) electrons. The van der Waals surface area contributed by atoms with E-state index in [-0.39, 0.29) is 17.5 Å². The van der Waals surface area contributed by atoms with Gasteiger partial charge in [-0.2, -0.15) is 0 Å². The smallest absolute Gasteiger partial charge is 0.271 e. The lowest BCUT2D eigenvalue weighted by Gasteiger charge is -2.06. The van der Waals surface area contributed by atoms with Crippen molar-refractivity contribution < 1.29 is 9.59 Å². The topological polar surface area (TPSA) is 120 Å². The van der Waals surface area contributed by atoms with Crippen molar-refractivity contribution in [2.45, 2.75) is 6.42 Å². The fraction of sp³-hybridized carbons (Fsp3) is 0.0667. The number of rotatable bonds is 3. The fourth-order valence-corrected chi connectivity index (χ4v) is 2.04. The summed E-state index contributed by atoms with van der Waals surface area (Å²) in [6.07, 6.45) is 1.27. The van der Waals surface area contributed by atoms with E-state index in [1.165, 1.54) is 18.3 Å². The van der Waals surface area contributed by atoms with E-state index in [9.17, 15) is 14.4 Å². The van der Waals surface area contributed by atoms with Crippen LogP contribution in [0.25, 0.3) is 11.0 Å². The van der Waals surface area contributed by atoms with Crippen LogP contribution in [-0.4, -0.2) is 26.8 Å². The average Bonchev–Trinajstić information content (AvgIpc) is 2.95. The van der Waals surface area contributed by atoms with E-state index in [0.29, 0.717) is 5.82 Å². The number of H-pyrrole nitrogens is 2. The Kier molecular flexibility index (Phi) is 3.88. The first kappa shape index (κ1) is 14.5. The number of aromatic amines is 2. The number of para-hydroxylation sites is 2. The Hall–Kier alpha value is -3.42. The highest BCUT2D eigenvalue weighted by atomic mass is 16.2. The zero-order valence-electron chi connectivity index (χ0n) is 11.9. The van der Waals surface area contributed by atoms with Crippen LogP contribution < -0.4 is 16.4 Å². The maximum absolute atomic E-state index is 11.8. The van der Waals surface area contributed by atoms with Gasteiger partial charge in [-0.05, 0) is 18.2 Å². The quantitative estimate of drug-likeness (QED) is 0.518. The third kappa shape index (κ3) is 3.43. The molecule has 3 aromatic rings. The molecule has 0 bridgehead atoms. The summed E-state index contributed by atoms with van der Waals surface area (Å²) in [6, 6.07) is 10.0. The average molecular weight is 311 g/mol. The molecule has 0 aliphatic carbocycles. The van der Waals surface area contributed by atoms with Gasteiger partial charge in [0.15, 0.2) is 0 Å². The predicted octanol–water partition coefficient (Wildman–Crippen LogP) is 0.255. The minimum absolute atomic E-state index is 0.000578. The normalized spacial score (nSPS) is 10.4. The van der Waals surface area contributed by atoms with Gasteiger partial charge in [-0.25, -0.2) is 4.98 Å². The summed E-state index contributed by atoms with van der Waals surface area (Å²) in [5, 5.41) is 0. The number of hydrogen-bond donors (Lipinski definition) is 4. The van der Waals surface area contributed by atoms with Crippen molar-refractivity contribution in [3.05, 3.63) is 64.3 Å². The van der Waals surface area contributed by atoms with Gasteiger partial charge >= 0.3 is 0 Å². The second-order valence-electron chi connectivity index (χ2n) is 4.82. The van der Waals surface area contributed by atoms with Crippen molar-refractivity contribution >= 4 is 22.8 Å². The standard InChI is InChI=1S/C15H13N5O3/c21-13-6-5-9(8-16-13)15(23)20-19-14(22)7-12-17-10-3-1-2-4-11(10)18-12/h1-6,8H,7H2,(H,16,21)(H,17,18)(H,19,22)(H,20,23). The van der Waals surface area contributed by atoms with Crippen molar-refractivity contribution in [1.82, 2.24) is 25.8 Å². The number of benzene rings is 1. The SMILES string of the molecule is O=C(Cc1nc2ccccc2[nH]1)NNC(=O)c1ccc(=O)[nH]c1. The molecule has 8 heteroatoms. The van der Waals surface area contributed by atoms with Gasteiger partial charge in [0.25, 0.3) is 5.91 Å². The molecule has 4 N–H and O–H groups in total. The number of nitrogens with zero attached hydrogens (tertiary/aromatic N) is 1. The summed E-state index contributed by atoms with van der Waals surface area (Å²) >= 11 is 0. The van der Waals surface area contributed by atoms with E-state index in [1.807, 2.05) is 24.3 Å². The third-order valence-electron chi connectivity index (χ3n) is 3.13. The molecule has 0 spiro atoms. The number of hydrazine groups is 1. The maximum atomic E-state index is 11.8. The van der Waals surface area contributed by atoms with E-state index in [0.717, 1.165) is 11.0 Å². The molecule has 8 nitrogen and oxygen atoms in total. The highest BCUT2D eigenvalue weighted by Crippen LogP contribution is 2.10. The minimum atomic E-state index is -0.529. The largest absolute Gasteiger partial charge is 0.342 e. The van der Waals surface area contributed by atoms with Crippen molar-refractivity contribution in [3.8, 4) is 0 Å². The van der Waals surface area contributed by atoms with Crippen LogP contribution in [0.4, 0.5) is 0 Å². The molecule has 3 rings (SSSR count). The zero-order chi connectivity index (χ0) is 16.2. The van der Waals surface area contributed by atoms with Gasteiger partial charge in [-0.15, -0.1) is 0 Å². The van der Waals surface area contributed by atoms with Crippen LogP contribution in [0.5, 0.6) is 0 Å². The molecule has 1 aromatic carbocycles. The molecule has 0 unspecified atom stereocenters. The second kappa shape index (κ2) is 6.14. The second-order valence-corrected chi connectivity index (χ2v) is 4.82. The van der Waals surface area contributed by atoms with Crippen LogP contribution in [0, 0.1) is 0 Å². The summed E-state index contributed by atoms with van der Waals surface area (Å²) in [4.78, 5) is 44.2. The predicted molar refractivity (Wildman–Crippen MR) is 82.5 cm³/mol. The Morgan fingerprint density at radius 2 is 1.91 bits per heavy atom. The molecule has 0 saturated carbocycles. The molecule has 0 aliphatic heterocycles. The van der Waals surface area contributed by atoms with Crippen molar-refractivity contribution in [2.75, 3.05) is 0 Å². The van der Waals surface area contributed by atoms with Crippen LogP contribution in [0.15, 0.2) is 47.4 Å². The van der Waals surface area contributed by atoms with Gasteiger partial charge in [0, 0.05) is 12.3 Å². The van der Waals surface area contributed by atoms with Gasteiger partial charge in [-0.1, -0.05) is 12.1 Å². The molecule has 0 aliphatic rings. The molecule has 2 aromatic heterocycles. The van der Waals surface area contributed by atoms with Crippen LogP contribution in [0.2, 0.25) is 0 Å². The van der Waals surface area contributed by atoms with Gasteiger partial charge in [0.05, 0.1) is 23.0 Å². The zero-order valence-corrected chi connectivity index (χ0v) is 11.9. The first-order valence-electron chi connectivity index (χ1n) is 6.83. The van der Waals surface area contributed by atoms with Crippen LogP contribution in [0.1, 0.15) is 16.2 Å². The van der Waals surface area contributed by atoms with Gasteiger partial charge in [0.1, 0.15) is 5.82 Å². The molecule has 0 atom stereocenters. The Labute approximate surface area is 129 Å². The third-order valence-corrected chi connectivity index (χ3v) is 3.13. The Morgan fingerprint density at radius 1 is 1.09 bits per heavy atom. The summed E-state index contributed by atoms with van der Waals surface area (Å²) in [5.74, 6) is -0.442. The monoisotopic (exact) mass is 311 g/mol. The maximum Gasteiger partial charge on any atom is 0.271 e. The van der Waals surface area contributed by atoms with E-state index >= 15 is 0 Å². The summed E-state index contributed by atoms with van der Waals surface area (Å²) in [6.45, 7) is 0. The molecule has 2 amide bonds. The summed E-state index contributed by atoms with van der Waals surface area (Å²) in [7, 11) is 0. The number of nitrogens with one attached hydrogen (secondary N) is 4. The molecular weight excluding hydrogens is 298 g/mol. The molecule has 2 heterocycles. The van der Waals surface area contributed by atoms with Crippen molar-refractivity contribution in [3.63, 3.8) is 0 Å². The first-order valence-corrected chi connectivity index (χ1v) is 6.83. The number of imidazole rings is 1. The number of pyridine rings is 1. The Morgan fingerprint density at radius 3 is 2.65 bits per heavy atom. The molecule has 0 saturated heterocycles. The van der Waals surface area contributed by atoms with Crippen LogP contribution in [-0.2, 0) is 11.2 Å². The Bertz CT molecular complexity index is 875. The highest BCUT2D eigenvalue weighted by molar-refractivity contribution is 5.95. The number of carbonyl (C=O) groups excluding carboxylic acids is 2. The fourth-order valence-electron chi connectivity index (χ4n) is 2.04. The number of fused-ring (bicyclic) bond motifs is 1. The molecule has 0 fully saturated rings. The van der Waals surface area contributed by atoms with Gasteiger partial charge < -0.3 is 9.97 Å². The van der Waals surface area contributed by atoms with E-state index in [4.69, 9.17) is 0 Å². The number of amides is 2. The van der Waals surface area contributed by atoms with E-state index in [2.05, 4.69) is 25.8 Å². The lowest BCUT2D eigenvalue weighted by atomic mass is 10.3. The lowest BCUT2D eigenvalue weighted by Crippen LogP contribution is -2.42. The Balaban J connectivity index is 1.57. The first-order chi connectivity index (χ1) is 11.1. The van der Waals surface area contributed by atoms with Gasteiger partial charge in [-0.3, -0.25) is 25.2 Å². The van der Waals surface area contributed by atoms with Crippen LogP contribution >= 0.6 is 0 Å². The van der Waals surface area contributed by atoms with Crippen LogP contribution in [0.3, 0.4) is 0 Å². The summed E-state index contributed by atoms with van der Waals surface area (Å²) < 4.78 is 0. The number of aromatic nitrogens is 3. The number of hydrogen-bond acceptors (Lipinski definition) is 4. The van der Waals surface area contributed by atoms with Crippen molar-refractivity contribution in [1.29, 1.82) is 0 Å². The minimum Gasteiger partial charge on any atom is -0.342 e.